The first-order chi connectivity index (χ1) is 14.0. The maximum absolute atomic E-state index is 12.9. The molecule has 6 heteroatoms. The molecule has 2 fully saturated rings. The normalized spacial score (nSPS) is 22.3. The van der Waals surface area contributed by atoms with Gasteiger partial charge >= 0.3 is 0 Å². The number of carbonyl (C=O) groups is 1. The molecule has 1 aromatic heterocycles. The number of piperidine rings is 1. The fourth-order valence-electron chi connectivity index (χ4n) is 4.87. The van der Waals surface area contributed by atoms with Crippen LogP contribution in [0.2, 0.25) is 0 Å². The first-order valence-electron chi connectivity index (χ1n) is 10.6. The third kappa shape index (κ3) is 4.58. The highest BCUT2D eigenvalue weighted by Gasteiger charge is 2.43. The van der Waals surface area contributed by atoms with Gasteiger partial charge in [0.1, 0.15) is 5.69 Å². The summed E-state index contributed by atoms with van der Waals surface area (Å²) >= 11 is 0. The van der Waals surface area contributed by atoms with Gasteiger partial charge in [0.2, 0.25) is 0 Å². The van der Waals surface area contributed by atoms with E-state index in [2.05, 4.69) is 40.3 Å². The summed E-state index contributed by atoms with van der Waals surface area (Å²) in [6.07, 6.45) is 5.73. The number of hydrogen-bond donors (Lipinski definition) is 0. The van der Waals surface area contributed by atoms with Crippen LogP contribution >= 0.6 is 0 Å². The van der Waals surface area contributed by atoms with E-state index in [1.54, 1.807) is 13.1 Å². The second kappa shape index (κ2) is 8.49. The highest BCUT2D eigenvalue weighted by atomic mass is 16.2. The van der Waals surface area contributed by atoms with Crippen molar-refractivity contribution in [3.8, 4) is 0 Å². The second-order valence-corrected chi connectivity index (χ2v) is 8.63. The topological polar surface area (TPSA) is 58.4 Å². The van der Waals surface area contributed by atoms with Gasteiger partial charge in [-0.1, -0.05) is 30.3 Å². The molecule has 29 heavy (non-hydrogen) atoms. The van der Waals surface area contributed by atoms with Crippen LogP contribution in [0.15, 0.2) is 47.3 Å². The molecular formula is C23H30N4O2. The molecule has 0 saturated carbocycles. The van der Waals surface area contributed by atoms with E-state index in [-0.39, 0.29) is 16.9 Å². The molecule has 1 aromatic carbocycles. The summed E-state index contributed by atoms with van der Waals surface area (Å²) in [7, 11) is 1.58. The molecule has 4 rings (SSSR count). The van der Waals surface area contributed by atoms with E-state index in [1.165, 1.54) is 35.6 Å². The Kier molecular flexibility index (Phi) is 5.81. The third-order valence-electron chi connectivity index (χ3n) is 6.43. The van der Waals surface area contributed by atoms with Crippen LogP contribution in [0.4, 0.5) is 0 Å². The molecule has 6 nitrogen and oxygen atoms in total. The summed E-state index contributed by atoms with van der Waals surface area (Å²) in [6.45, 7) is 4.93. The maximum atomic E-state index is 12.9. The molecule has 2 aromatic rings. The van der Waals surface area contributed by atoms with Gasteiger partial charge in [-0.2, -0.15) is 5.10 Å². The lowest BCUT2D eigenvalue weighted by molar-refractivity contribution is 0.0681. The zero-order valence-corrected chi connectivity index (χ0v) is 17.2. The molecule has 1 unspecified atom stereocenters. The smallest absolute Gasteiger partial charge is 0.274 e. The van der Waals surface area contributed by atoms with Crippen molar-refractivity contribution in [1.82, 2.24) is 19.6 Å². The fraction of sp³-hybridized carbons (Fsp3) is 0.522. The summed E-state index contributed by atoms with van der Waals surface area (Å²) in [4.78, 5) is 28.9. The van der Waals surface area contributed by atoms with Crippen LogP contribution in [-0.2, 0) is 13.5 Å². The minimum absolute atomic E-state index is 0.0568. The third-order valence-corrected chi connectivity index (χ3v) is 6.43. The van der Waals surface area contributed by atoms with Crippen LogP contribution in [-0.4, -0.2) is 58.2 Å². The van der Waals surface area contributed by atoms with Gasteiger partial charge in [0.05, 0.1) is 0 Å². The maximum Gasteiger partial charge on any atom is 0.274 e. The molecule has 0 bridgehead atoms. The summed E-state index contributed by atoms with van der Waals surface area (Å²) in [5.74, 6) is -0.0568. The number of nitrogens with zero attached hydrogens (tertiary/aromatic N) is 4. The SMILES string of the molecule is Cn1nc(C(=O)N2CCC3(CCCN(CCCc4ccccc4)C3)C2)ccc1=O. The highest BCUT2D eigenvalue weighted by Crippen LogP contribution is 2.39. The fourth-order valence-corrected chi connectivity index (χ4v) is 4.87. The number of aromatic nitrogens is 2. The number of amides is 1. The van der Waals surface area contributed by atoms with Gasteiger partial charge in [0, 0.05) is 38.2 Å². The Labute approximate surface area is 172 Å². The summed E-state index contributed by atoms with van der Waals surface area (Å²) < 4.78 is 1.23. The lowest BCUT2D eigenvalue weighted by Crippen LogP contribution is -2.45. The minimum Gasteiger partial charge on any atom is -0.337 e. The number of rotatable bonds is 5. The molecule has 1 atom stereocenters. The second-order valence-electron chi connectivity index (χ2n) is 8.63. The van der Waals surface area contributed by atoms with Gasteiger partial charge in [-0.05, 0) is 56.8 Å². The van der Waals surface area contributed by atoms with Crippen LogP contribution < -0.4 is 5.56 Å². The van der Waals surface area contributed by atoms with Crippen LogP contribution in [0.1, 0.15) is 41.7 Å². The van der Waals surface area contributed by atoms with Crippen LogP contribution in [0.25, 0.3) is 0 Å². The average Bonchev–Trinajstić information content (AvgIpc) is 3.13. The van der Waals surface area contributed by atoms with Crippen molar-refractivity contribution in [1.29, 1.82) is 0 Å². The molecule has 2 aliphatic heterocycles. The van der Waals surface area contributed by atoms with Gasteiger partial charge in [-0.25, -0.2) is 4.68 Å². The van der Waals surface area contributed by atoms with Gasteiger partial charge in [0.15, 0.2) is 0 Å². The largest absolute Gasteiger partial charge is 0.337 e. The lowest BCUT2D eigenvalue weighted by atomic mass is 9.79. The van der Waals surface area contributed by atoms with E-state index in [9.17, 15) is 9.59 Å². The van der Waals surface area contributed by atoms with Crippen molar-refractivity contribution in [3.63, 3.8) is 0 Å². The minimum atomic E-state index is -0.196. The average molecular weight is 395 g/mol. The Hall–Kier alpha value is -2.47. The summed E-state index contributed by atoms with van der Waals surface area (Å²) in [5.41, 5.74) is 1.78. The zero-order valence-electron chi connectivity index (χ0n) is 17.2. The Balaban J connectivity index is 1.33. The Bertz CT molecular complexity index is 911. The van der Waals surface area contributed by atoms with E-state index in [4.69, 9.17) is 0 Å². The van der Waals surface area contributed by atoms with Crippen molar-refractivity contribution in [3.05, 3.63) is 64.1 Å². The van der Waals surface area contributed by atoms with Crippen molar-refractivity contribution < 1.29 is 4.79 Å². The van der Waals surface area contributed by atoms with Gasteiger partial charge < -0.3 is 9.80 Å². The lowest BCUT2D eigenvalue weighted by Gasteiger charge is -2.40. The molecule has 154 valence electrons. The Morgan fingerprint density at radius 3 is 2.69 bits per heavy atom. The standard InChI is InChI=1S/C23H30N4O2/c1-25-21(28)11-10-20(24-25)22(29)27-16-13-23(18-27)12-6-15-26(17-23)14-5-9-19-7-3-2-4-8-19/h2-4,7-8,10-11H,5-6,9,12-18H2,1H3. The van der Waals surface area contributed by atoms with E-state index in [1.807, 2.05) is 4.90 Å². The molecule has 2 aliphatic rings. The number of benzene rings is 1. The van der Waals surface area contributed by atoms with Crippen LogP contribution in [0, 0.1) is 5.41 Å². The number of likely N-dealkylation sites (tertiary alicyclic amines) is 2. The van der Waals surface area contributed by atoms with E-state index < -0.39 is 0 Å². The number of carbonyl (C=O) groups excluding carboxylic acids is 1. The summed E-state index contributed by atoms with van der Waals surface area (Å²) in [6, 6.07) is 13.6. The van der Waals surface area contributed by atoms with E-state index in [0.717, 1.165) is 45.6 Å². The molecule has 0 N–H and O–H groups in total. The Morgan fingerprint density at radius 2 is 1.90 bits per heavy atom. The first-order valence-corrected chi connectivity index (χ1v) is 10.6. The molecule has 1 spiro atoms. The van der Waals surface area contributed by atoms with Gasteiger partial charge in [0.25, 0.3) is 11.5 Å². The monoisotopic (exact) mass is 394 g/mol. The number of hydrogen-bond acceptors (Lipinski definition) is 4. The van der Waals surface area contributed by atoms with Crippen molar-refractivity contribution in [2.45, 2.75) is 32.1 Å². The van der Waals surface area contributed by atoms with E-state index >= 15 is 0 Å². The van der Waals surface area contributed by atoms with Crippen molar-refractivity contribution >= 4 is 5.91 Å². The van der Waals surface area contributed by atoms with Crippen LogP contribution in [0.3, 0.4) is 0 Å². The zero-order chi connectivity index (χ0) is 20.3. The molecule has 1 amide bonds. The van der Waals surface area contributed by atoms with Gasteiger partial charge in [-0.3, -0.25) is 9.59 Å². The predicted molar refractivity (Wildman–Crippen MR) is 113 cm³/mol. The van der Waals surface area contributed by atoms with E-state index in [0.29, 0.717) is 5.69 Å². The highest BCUT2D eigenvalue weighted by molar-refractivity contribution is 5.92. The quantitative estimate of drug-likeness (QED) is 0.781. The molecule has 2 saturated heterocycles. The molecule has 0 aliphatic carbocycles. The molecule has 3 heterocycles. The summed E-state index contributed by atoms with van der Waals surface area (Å²) in [5, 5.41) is 4.14. The van der Waals surface area contributed by atoms with Crippen LogP contribution in [0.5, 0.6) is 0 Å². The molecule has 0 radical (unpaired) electrons. The van der Waals surface area contributed by atoms with Gasteiger partial charge in [-0.15, -0.1) is 0 Å². The first kappa shape index (κ1) is 19.8. The van der Waals surface area contributed by atoms with Crippen molar-refractivity contribution in [2.24, 2.45) is 12.5 Å². The molecular weight excluding hydrogens is 364 g/mol. The predicted octanol–water partition coefficient (Wildman–Crippen LogP) is 2.34. The Morgan fingerprint density at radius 1 is 1.07 bits per heavy atom. The number of aryl methyl sites for hydroxylation is 2. The van der Waals surface area contributed by atoms with Crippen molar-refractivity contribution in [2.75, 3.05) is 32.7 Å².